The molecular weight excluding hydrogens is 332 g/mol. The third-order valence-electron chi connectivity index (χ3n) is 2.39. The molecule has 0 saturated carbocycles. The normalized spacial score (nSPS) is 10.2. The average Bonchev–Trinajstić information content (AvgIpc) is 2.40. The second kappa shape index (κ2) is 6.04. The molecule has 4 nitrogen and oxygen atoms in total. The van der Waals surface area contributed by atoms with Crippen molar-refractivity contribution in [3.63, 3.8) is 0 Å². The van der Waals surface area contributed by atoms with Crippen molar-refractivity contribution in [1.29, 1.82) is 0 Å². The van der Waals surface area contributed by atoms with Crippen LogP contribution in [-0.2, 0) is 11.3 Å². The Bertz CT molecular complexity index is 602. The Labute approximate surface area is 123 Å². The molecule has 0 amide bonds. The number of ether oxygens (including phenoxy) is 1. The molecule has 0 aliphatic carbocycles. The van der Waals surface area contributed by atoms with E-state index in [2.05, 4.69) is 20.9 Å². The number of pyridine rings is 1. The van der Waals surface area contributed by atoms with E-state index in [1.165, 1.54) is 0 Å². The molecule has 2 rings (SSSR count). The standard InChI is InChI=1S/C13H10BrClN2O2/c14-9-2-3-11(16)10(5-9)13(18)19-7-8-1-4-12(15)17-6-8/h1-6H,7,16H2. The number of anilines is 1. The van der Waals surface area contributed by atoms with Crippen molar-refractivity contribution >= 4 is 39.2 Å². The van der Waals surface area contributed by atoms with Crippen LogP contribution in [-0.4, -0.2) is 11.0 Å². The van der Waals surface area contributed by atoms with Crippen molar-refractivity contribution in [3.05, 3.63) is 57.3 Å². The van der Waals surface area contributed by atoms with Crippen molar-refractivity contribution in [2.24, 2.45) is 0 Å². The van der Waals surface area contributed by atoms with Crippen LogP contribution in [0.4, 0.5) is 5.69 Å². The highest BCUT2D eigenvalue weighted by Crippen LogP contribution is 2.19. The summed E-state index contributed by atoms with van der Waals surface area (Å²) in [4.78, 5) is 15.8. The molecule has 0 fully saturated rings. The van der Waals surface area contributed by atoms with Gasteiger partial charge in [0.15, 0.2) is 0 Å². The summed E-state index contributed by atoms with van der Waals surface area (Å²) >= 11 is 8.95. The van der Waals surface area contributed by atoms with Crippen LogP contribution in [0.15, 0.2) is 41.0 Å². The van der Waals surface area contributed by atoms with Gasteiger partial charge in [-0.3, -0.25) is 0 Å². The summed E-state index contributed by atoms with van der Waals surface area (Å²) in [5.74, 6) is -0.478. The number of carbonyl (C=O) groups excluding carboxylic acids is 1. The van der Waals surface area contributed by atoms with Gasteiger partial charge in [0.25, 0.3) is 0 Å². The van der Waals surface area contributed by atoms with Crippen molar-refractivity contribution in [1.82, 2.24) is 4.98 Å². The Morgan fingerprint density at radius 1 is 1.37 bits per heavy atom. The molecule has 0 bridgehead atoms. The summed E-state index contributed by atoms with van der Waals surface area (Å²) in [6.45, 7) is 0.120. The Morgan fingerprint density at radius 2 is 2.16 bits per heavy atom. The fraction of sp³-hybridized carbons (Fsp3) is 0.0769. The molecule has 0 atom stereocenters. The molecule has 0 radical (unpaired) electrons. The minimum Gasteiger partial charge on any atom is -0.457 e. The number of esters is 1. The van der Waals surface area contributed by atoms with Gasteiger partial charge >= 0.3 is 5.97 Å². The van der Waals surface area contributed by atoms with Crippen LogP contribution in [0, 0.1) is 0 Å². The lowest BCUT2D eigenvalue weighted by molar-refractivity contribution is 0.0473. The van der Waals surface area contributed by atoms with E-state index in [0.29, 0.717) is 16.4 Å². The van der Waals surface area contributed by atoms with E-state index in [4.69, 9.17) is 22.1 Å². The van der Waals surface area contributed by atoms with Gasteiger partial charge < -0.3 is 10.5 Å². The minimum atomic E-state index is -0.478. The molecule has 0 aliphatic rings. The van der Waals surface area contributed by atoms with Gasteiger partial charge in [0.05, 0.1) is 5.56 Å². The van der Waals surface area contributed by atoms with Crippen molar-refractivity contribution in [2.75, 3.05) is 5.73 Å². The number of nitrogen functional groups attached to an aromatic ring is 1. The molecule has 1 heterocycles. The number of nitrogens with two attached hydrogens (primary N) is 1. The molecule has 0 spiro atoms. The molecule has 0 saturated heterocycles. The van der Waals surface area contributed by atoms with Gasteiger partial charge in [-0.2, -0.15) is 0 Å². The van der Waals surface area contributed by atoms with E-state index in [1.807, 2.05) is 0 Å². The quantitative estimate of drug-likeness (QED) is 0.528. The molecule has 6 heteroatoms. The van der Waals surface area contributed by atoms with Crippen LogP contribution in [0.2, 0.25) is 5.15 Å². The Kier molecular flexibility index (Phi) is 4.39. The van der Waals surface area contributed by atoms with Crippen molar-refractivity contribution in [3.8, 4) is 0 Å². The first kappa shape index (κ1) is 13.8. The smallest absolute Gasteiger partial charge is 0.340 e. The van der Waals surface area contributed by atoms with Gasteiger partial charge in [0.2, 0.25) is 0 Å². The molecular formula is C13H10BrClN2O2. The SMILES string of the molecule is Nc1ccc(Br)cc1C(=O)OCc1ccc(Cl)nc1. The van der Waals surface area contributed by atoms with Crippen molar-refractivity contribution < 1.29 is 9.53 Å². The van der Waals surface area contributed by atoms with E-state index in [1.54, 1.807) is 36.5 Å². The number of hydrogen-bond acceptors (Lipinski definition) is 4. The second-order valence-electron chi connectivity index (χ2n) is 3.80. The first-order chi connectivity index (χ1) is 9.06. The van der Waals surface area contributed by atoms with Gasteiger partial charge in [-0.15, -0.1) is 0 Å². The average molecular weight is 342 g/mol. The summed E-state index contributed by atoms with van der Waals surface area (Å²) in [6, 6.07) is 8.41. The van der Waals surface area contributed by atoms with Crippen LogP contribution < -0.4 is 5.73 Å². The third kappa shape index (κ3) is 3.68. The highest BCUT2D eigenvalue weighted by molar-refractivity contribution is 9.10. The van der Waals surface area contributed by atoms with Crippen LogP contribution in [0.1, 0.15) is 15.9 Å². The van der Waals surface area contributed by atoms with E-state index in [9.17, 15) is 4.79 Å². The molecule has 2 N–H and O–H groups in total. The zero-order valence-corrected chi connectivity index (χ0v) is 12.1. The first-order valence-corrected chi connectivity index (χ1v) is 6.56. The molecule has 1 aromatic heterocycles. The third-order valence-corrected chi connectivity index (χ3v) is 3.11. The molecule has 2 aromatic rings. The highest BCUT2D eigenvalue weighted by Gasteiger charge is 2.12. The van der Waals surface area contributed by atoms with Crippen LogP contribution in [0.25, 0.3) is 0 Å². The molecule has 0 aliphatic heterocycles. The van der Waals surface area contributed by atoms with E-state index in [-0.39, 0.29) is 6.61 Å². The summed E-state index contributed by atoms with van der Waals surface area (Å²) in [7, 11) is 0. The zero-order valence-electron chi connectivity index (χ0n) is 9.77. The maximum absolute atomic E-state index is 11.9. The van der Waals surface area contributed by atoms with E-state index < -0.39 is 5.97 Å². The van der Waals surface area contributed by atoms with Crippen molar-refractivity contribution in [2.45, 2.75) is 6.61 Å². The maximum Gasteiger partial charge on any atom is 0.340 e. The number of aromatic nitrogens is 1. The molecule has 1 aromatic carbocycles. The summed E-state index contributed by atoms with van der Waals surface area (Å²) in [5, 5.41) is 0.395. The minimum absolute atomic E-state index is 0.120. The fourth-order valence-corrected chi connectivity index (χ4v) is 1.90. The van der Waals surface area contributed by atoms with Gasteiger partial charge in [0.1, 0.15) is 11.8 Å². The van der Waals surface area contributed by atoms with E-state index >= 15 is 0 Å². The molecule has 19 heavy (non-hydrogen) atoms. The lowest BCUT2D eigenvalue weighted by Crippen LogP contribution is -2.08. The number of nitrogens with zero attached hydrogens (tertiary/aromatic N) is 1. The fourth-order valence-electron chi connectivity index (χ4n) is 1.42. The number of benzene rings is 1. The predicted molar refractivity (Wildman–Crippen MR) is 76.9 cm³/mol. The lowest BCUT2D eigenvalue weighted by atomic mass is 10.2. The topological polar surface area (TPSA) is 65.2 Å². The Morgan fingerprint density at radius 3 is 2.84 bits per heavy atom. The Hall–Kier alpha value is -1.59. The van der Waals surface area contributed by atoms with Crippen LogP contribution >= 0.6 is 27.5 Å². The lowest BCUT2D eigenvalue weighted by Gasteiger charge is -2.07. The summed E-state index contributed by atoms with van der Waals surface area (Å²) < 4.78 is 5.93. The molecule has 0 unspecified atom stereocenters. The van der Waals surface area contributed by atoms with Gasteiger partial charge in [0, 0.05) is 21.9 Å². The largest absolute Gasteiger partial charge is 0.457 e. The number of rotatable bonds is 3. The summed E-state index contributed by atoms with van der Waals surface area (Å²) in [6.07, 6.45) is 1.56. The Balaban J connectivity index is 2.05. The maximum atomic E-state index is 11.9. The number of hydrogen-bond donors (Lipinski definition) is 1. The van der Waals surface area contributed by atoms with Crippen LogP contribution in [0.3, 0.4) is 0 Å². The number of halogens is 2. The van der Waals surface area contributed by atoms with E-state index in [0.717, 1.165) is 10.0 Å². The molecule has 98 valence electrons. The number of carbonyl (C=O) groups is 1. The van der Waals surface area contributed by atoms with Crippen LogP contribution in [0.5, 0.6) is 0 Å². The monoisotopic (exact) mass is 340 g/mol. The first-order valence-electron chi connectivity index (χ1n) is 5.39. The van der Waals surface area contributed by atoms with Gasteiger partial charge in [-0.25, -0.2) is 9.78 Å². The van der Waals surface area contributed by atoms with Gasteiger partial charge in [-0.1, -0.05) is 33.6 Å². The van der Waals surface area contributed by atoms with Gasteiger partial charge in [-0.05, 0) is 24.3 Å². The predicted octanol–water partition coefficient (Wildman–Crippen LogP) is 3.44. The second-order valence-corrected chi connectivity index (χ2v) is 5.10. The highest BCUT2D eigenvalue weighted by atomic mass is 79.9. The zero-order chi connectivity index (χ0) is 13.8. The summed E-state index contributed by atoms with van der Waals surface area (Å²) in [5.41, 5.74) is 7.19.